The van der Waals surface area contributed by atoms with Gasteiger partial charge in [0.2, 0.25) is 0 Å². The Balaban J connectivity index is 2.28. The summed E-state index contributed by atoms with van der Waals surface area (Å²) < 4.78 is 1.69. The van der Waals surface area contributed by atoms with E-state index in [4.69, 9.17) is 11.6 Å². The average molecular weight is 292 g/mol. The summed E-state index contributed by atoms with van der Waals surface area (Å²) in [6, 6.07) is 9.33. The molecule has 1 unspecified atom stereocenters. The molecule has 0 aliphatic heterocycles. The second kappa shape index (κ2) is 6.09. The monoisotopic (exact) mass is 291 g/mol. The third-order valence-corrected chi connectivity index (χ3v) is 3.31. The number of carbonyl (C=O) groups excluding carboxylic acids is 1. The number of halogens is 1. The van der Waals surface area contributed by atoms with Gasteiger partial charge in [-0.3, -0.25) is 9.48 Å². The number of aromatic nitrogens is 2. The molecule has 5 heteroatoms. The summed E-state index contributed by atoms with van der Waals surface area (Å²) >= 11 is 6.13. The molecule has 0 aliphatic carbocycles. The molecule has 1 heterocycles. The summed E-state index contributed by atoms with van der Waals surface area (Å²) in [5, 5.41) is 7.03. The van der Waals surface area contributed by atoms with Gasteiger partial charge in [0, 0.05) is 12.2 Å². The number of aryl methyl sites for hydroxylation is 2. The van der Waals surface area contributed by atoms with Gasteiger partial charge in [-0.15, -0.1) is 11.6 Å². The highest BCUT2D eigenvalue weighted by Crippen LogP contribution is 2.27. The summed E-state index contributed by atoms with van der Waals surface area (Å²) in [7, 11) is 0. The Morgan fingerprint density at radius 1 is 1.45 bits per heavy atom. The topological polar surface area (TPSA) is 46.9 Å². The number of hydrogen-bond acceptors (Lipinski definition) is 2. The fraction of sp³-hybridized carbons (Fsp3) is 0.333. The van der Waals surface area contributed by atoms with Gasteiger partial charge in [-0.1, -0.05) is 18.2 Å². The number of anilines is 1. The van der Waals surface area contributed by atoms with E-state index in [2.05, 4.69) is 10.4 Å². The van der Waals surface area contributed by atoms with Crippen molar-refractivity contribution in [2.75, 3.05) is 5.32 Å². The molecule has 0 saturated heterocycles. The number of nitrogens with one attached hydrogen (secondary N) is 1. The molecular weight excluding hydrogens is 274 g/mol. The van der Waals surface area contributed by atoms with Crippen LogP contribution in [0.15, 0.2) is 30.3 Å². The van der Waals surface area contributed by atoms with E-state index in [0.29, 0.717) is 12.2 Å². The zero-order valence-electron chi connectivity index (χ0n) is 11.9. The first-order valence-electron chi connectivity index (χ1n) is 6.61. The second-order valence-electron chi connectivity index (χ2n) is 4.64. The van der Waals surface area contributed by atoms with Crippen LogP contribution in [0.1, 0.15) is 41.0 Å². The number of amides is 1. The number of carbonyl (C=O) groups is 1. The van der Waals surface area contributed by atoms with Crippen molar-refractivity contribution in [3.05, 3.63) is 47.3 Å². The lowest BCUT2D eigenvalue weighted by atomic mass is 10.1. The quantitative estimate of drug-likeness (QED) is 0.872. The zero-order valence-corrected chi connectivity index (χ0v) is 12.6. The maximum Gasteiger partial charge on any atom is 0.273 e. The fourth-order valence-corrected chi connectivity index (χ4v) is 2.30. The van der Waals surface area contributed by atoms with Crippen LogP contribution in [-0.4, -0.2) is 15.7 Å². The molecule has 0 spiro atoms. The molecule has 0 radical (unpaired) electrons. The molecule has 1 aromatic heterocycles. The van der Waals surface area contributed by atoms with Gasteiger partial charge in [0.1, 0.15) is 5.69 Å². The van der Waals surface area contributed by atoms with Crippen LogP contribution in [-0.2, 0) is 6.54 Å². The molecule has 2 aromatic rings. The van der Waals surface area contributed by atoms with Crippen LogP contribution >= 0.6 is 11.6 Å². The fourth-order valence-electron chi connectivity index (χ4n) is 2.11. The first-order valence-corrected chi connectivity index (χ1v) is 7.05. The standard InChI is InChI=1S/C15H18ClN3O/c1-4-19-14(9-10(2)18-19)15(20)17-13-8-6-5-7-12(13)11(3)16/h5-9,11H,4H2,1-3H3,(H,17,20). The Bertz CT molecular complexity index is 619. The Hall–Kier alpha value is -1.81. The van der Waals surface area contributed by atoms with E-state index in [-0.39, 0.29) is 11.3 Å². The van der Waals surface area contributed by atoms with E-state index in [1.807, 2.05) is 45.0 Å². The minimum Gasteiger partial charge on any atom is -0.320 e. The Morgan fingerprint density at radius 2 is 2.15 bits per heavy atom. The van der Waals surface area contributed by atoms with Crippen LogP contribution in [0.4, 0.5) is 5.69 Å². The molecule has 0 saturated carbocycles. The number of rotatable bonds is 4. The van der Waals surface area contributed by atoms with E-state index < -0.39 is 0 Å². The van der Waals surface area contributed by atoms with Crippen molar-refractivity contribution in [1.29, 1.82) is 0 Å². The van der Waals surface area contributed by atoms with Crippen molar-refractivity contribution < 1.29 is 4.79 Å². The third-order valence-electron chi connectivity index (χ3n) is 3.07. The summed E-state index contributed by atoms with van der Waals surface area (Å²) in [5.41, 5.74) is 3.03. The van der Waals surface area contributed by atoms with Crippen molar-refractivity contribution in [1.82, 2.24) is 9.78 Å². The molecular formula is C15H18ClN3O. The van der Waals surface area contributed by atoms with Gasteiger partial charge < -0.3 is 5.32 Å². The molecule has 1 amide bonds. The SMILES string of the molecule is CCn1nc(C)cc1C(=O)Nc1ccccc1C(C)Cl. The minimum absolute atomic E-state index is 0.163. The van der Waals surface area contributed by atoms with Crippen LogP contribution in [0.3, 0.4) is 0 Å². The molecule has 0 bridgehead atoms. The number of nitrogens with zero attached hydrogens (tertiary/aromatic N) is 2. The molecule has 106 valence electrons. The minimum atomic E-state index is -0.169. The van der Waals surface area contributed by atoms with Crippen LogP contribution in [0.2, 0.25) is 0 Å². The Labute approximate surface area is 123 Å². The van der Waals surface area contributed by atoms with Crippen LogP contribution in [0.25, 0.3) is 0 Å². The van der Waals surface area contributed by atoms with E-state index in [1.54, 1.807) is 10.7 Å². The van der Waals surface area contributed by atoms with Gasteiger partial charge in [-0.05, 0) is 38.5 Å². The molecule has 2 rings (SSSR count). The van der Waals surface area contributed by atoms with Crippen molar-refractivity contribution in [3.63, 3.8) is 0 Å². The summed E-state index contributed by atoms with van der Waals surface area (Å²) in [6.07, 6.45) is 0. The molecule has 1 atom stereocenters. The first kappa shape index (κ1) is 14.6. The van der Waals surface area contributed by atoms with Crippen molar-refractivity contribution in [2.45, 2.75) is 32.7 Å². The summed E-state index contributed by atoms with van der Waals surface area (Å²) in [5.74, 6) is -0.169. The lowest BCUT2D eigenvalue weighted by molar-refractivity contribution is 0.101. The normalized spacial score (nSPS) is 12.2. The zero-order chi connectivity index (χ0) is 14.7. The number of hydrogen-bond donors (Lipinski definition) is 1. The van der Waals surface area contributed by atoms with Crippen LogP contribution in [0, 0.1) is 6.92 Å². The number of para-hydroxylation sites is 1. The van der Waals surface area contributed by atoms with Gasteiger partial charge in [0.25, 0.3) is 5.91 Å². The van der Waals surface area contributed by atoms with Crippen LogP contribution < -0.4 is 5.32 Å². The van der Waals surface area contributed by atoms with E-state index in [1.165, 1.54) is 0 Å². The lowest BCUT2D eigenvalue weighted by Crippen LogP contribution is -2.18. The van der Waals surface area contributed by atoms with Crippen molar-refractivity contribution in [3.8, 4) is 0 Å². The van der Waals surface area contributed by atoms with Gasteiger partial charge in [0.05, 0.1) is 11.1 Å². The third kappa shape index (κ3) is 3.02. The Kier molecular flexibility index (Phi) is 4.45. The largest absolute Gasteiger partial charge is 0.320 e. The van der Waals surface area contributed by atoms with E-state index in [9.17, 15) is 4.79 Å². The van der Waals surface area contributed by atoms with E-state index in [0.717, 1.165) is 16.9 Å². The first-order chi connectivity index (χ1) is 9.52. The molecule has 4 nitrogen and oxygen atoms in total. The van der Waals surface area contributed by atoms with Crippen LogP contribution in [0.5, 0.6) is 0 Å². The molecule has 0 fully saturated rings. The number of benzene rings is 1. The molecule has 1 aromatic carbocycles. The highest BCUT2D eigenvalue weighted by Gasteiger charge is 2.15. The highest BCUT2D eigenvalue weighted by atomic mass is 35.5. The lowest BCUT2D eigenvalue weighted by Gasteiger charge is -2.12. The highest BCUT2D eigenvalue weighted by molar-refractivity contribution is 6.21. The number of alkyl halides is 1. The maximum atomic E-state index is 12.4. The Morgan fingerprint density at radius 3 is 2.80 bits per heavy atom. The molecule has 1 N–H and O–H groups in total. The predicted molar refractivity (Wildman–Crippen MR) is 81.3 cm³/mol. The smallest absolute Gasteiger partial charge is 0.273 e. The second-order valence-corrected chi connectivity index (χ2v) is 5.30. The molecule has 20 heavy (non-hydrogen) atoms. The van der Waals surface area contributed by atoms with Gasteiger partial charge in [0.15, 0.2) is 0 Å². The van der Waals surface area contributed by atoms with Crippen molar-refractivity contribution >= 4 is 23.2 Å². The molecule has 0 aliphatic rings. The average Bonchev–Trinajstić information content (AvgIpc) is 2.80. The maximum absolute atomic E-state index is 12.4. The van der Waals surface area contributed by atoms with Gasteiger partial charge >= 0.3 is 0 Å². The summed E-state index contributed by atoms with van der Waals surface area (Å²) in [6.45, 7) is 6.37. The van der Waals surface area contributed by atoms with E-state index >= 15 is 0 Å². The van der Waals surface area contributed by atoms with Crippen molar-refractivity contribution in [2.24, 2.45) is 0 Å². The summed E-state index contributed by atoms with van der Waals surface area (Å²) in [4.78, 5) is 12.4. The van der Waals surface area contributed by atoms with Gasteiger partial charge in [-0.25, -0.2) is 0 Å². The predicted octanol–water partition coefficient (Wildman–Crippen LogP) is 3.76. The van der Waals surface area contributed by atoms with Gasteiger partial charge in [-0.2, -0.15) is 5.10 Å².